The number of hydrogen-bond donors (Lipinski definition) is 0. The van der Waals surface area contributed by atoms with E-state index in [-0.39, 0.29) is 11.5 Å². The Morgan fingerprint density at radius 3 is 2.57 bits per heavy atom. The molecule has 0 saturated carbocycles. The van der Waals surface area contributed by atoms with E-state index in [0.717, 1.165) is 36.1 Å². The van der Waals surface area contributed by atoms with Gasteiger partial charge in [-0.05, 0) is 61.1 Å². The first-order chi connectivity index (χ1) is 13.6. The van der Waals surface area contributed by atoms with Gasteiger partial charge in [0, 0.05) is 19.3 Å². The van der Waals surface area contributed by atoms with Crippen LogP contribution in [0, 0.1) is 6.92 Å². The molecular formula is C22H26N2O4. The highest BCUT2D eigenvalue weighted by atomic mass is 16.5. The van der Waals surface area contributed by atoms with Crippen LogP contribution in [0.5, 0.6) is 11.5 Å². The number of rotatable bonds is 3. The lowest BCUT2D eigenvalue weighted by Gasteiger charge is -2.45. The number of carbonyl (C=O) groups is 1. The smallest absolute Gasteiger partial charge is 0.272 e. The maximum absolute atomic E-state index is 12.9. The van der Waals surface area contributed by atoms with Gasteiger partial charge in [0.1, 0.15) is 5.69 Å². The summed E-state index contributed by atoms with van der Waals surface area (Å²) in [6, 6.07) is 7.89. The number of carbonyl (C=O) groups excluding carboxylic acids is 1. The summed E-state index contributed by atoms with van der Waals surface area (Å²) >= 11 is 0. The summed E-state index contributed by atoms with van der Waals surface area (Å²) in [6.07, 6.45) is 4.04. The maximum Gasteiger partial charge on any atom is 0.272 e. The lowest BCUT2D eigenvalue weighted by Crippen LogP contribution is -2.48. The molecule has 2 aromatic rings. The van der Waals surface area contributed by atoms with Gasteiger partial charge in [0.2, 0.25) is 0 Å². The van der Waals surface area contributed by atoms with Crippen molar-refractivity contribution in [2.45, 2.75) is 31.8 Å². The number of fused-ring (bicyclic) bond motifs is 2. The van der Waals surface area contributed by atoms with Crippen molar-refractivity contribution < 1.29 is 19.0 Å². The van der Waals surface area contributed by atoms with Crippen molar-refractivity contribution in [3.63, 3.8) is 0 Å². The van der Waals surface area contributed by atoms with E-state index in [0.29, 0.717) is 31.1 Å². The standard InChI is InChI=1S/C22H26N2O4/c1-15-5-4-9-23-20(15)21(25)24-10-7-22(8-11-24)17-14-19(27-3)18(26-2)13-16(17)6-12-28-22/h4-5,9,13-14H,6-8,10-12H2,1-3H3. The number of hydrogen-bond acceptors (Lipinski definition) is 5. The van der Waals surface area contributed by atoms with Gasteiger partial charge in [-0.25, -0.2) is 0 Å². The predicted molar refractivity (Wildman–Crippen MR) is 105 cm³/mol. The average Bonchev–Trinajstić information content (AvgIpc) is 2.73. The Labute approximate surface area is 165 Å². The molecule has 6 heteroatoms. The average molecular weight is 382 g/mol. The lowest BCUT2D eigenvalue weighted by atomic mass is 9.79. The molecule has 0 unspecified atom stereocenters. The third-order valence-electron chi connectivity index (χ3n) is 5.92. The molecule has 3 heterocycles. The van der Waals surface area contributed by atoms with E-state index in [1.54, 1.807) is 20.4 Å². The molecule has 0 N–H and O–H groups in total. The summed E-state index contributed by atoms with van der Waals surface area (Å²) in [4.78, 5) is 19.1. The Balaban J connectivity index is 1.58. The Kier molecular flexibility index (Phi) is 4.98. The highest BCUT2D eigenvalue weighted by Gasteiger charge is 2.42. The number of methoxy groups -OCH3 is 2. The fourth-order valence-corrected chi connectivity index (χ4v) is 4.33. The topological polar surface area (TPSA) is 60.9 Å². The van der Waals surface area contributed by atoms with E-state index in [9.17, 15) is 4.79 Å². The molecule has 1 aromatic carbocycles. The molecule has 2 aliphatic heterocycles. The minimum Gasteiger partial charge on any atom is -0.493 e. The fourth-order valence-electron chi connectivity index (χ4n) is 4.33. The minimum absolute atomic E-state index is 0.00343. The van der Waals surface area contributed by atoms with Crippen LogP contribution in [0.1, 0.15) is 40.0 Å². The predicted octanol–water partition coefficient (Wildman–Crippen LogP) is 3.11. The summed E-state index contributed by atoms with van der Waals surface area (Å²) < 4.78 is 17.3. The van der Waals surface area contributed by atoms with Gasteiger partial charge in [-0.1, -0.05) is 6.07 Å². The zero-order chi connectivity index (χ0) is 19.7. The molecule has 4 rings (SSSR count). The molecule has 148 valence electrons. The summed E-state index contributed by atoms with van der Waals surface area (Å²) in [5.74, 6) is 1.46. The van der Waals surface area contributed by atoms with Crippen LogP contribution < -0.4 is 9.47 Å². The van der Waals surface area contributed by atoms with Crippen LogP contribution in [-0.4, -0.2) is 49.7 Å². The number of benzene rings is 1. The monoisotopic (exact) mass is 382 g/mol. The lowest BCUT2D eigenvalue weighted by molar-refractivity contribution is -0.0937. The molecule has 6 nitrogen and oxygen atoms in total. The highest BCUT2D eigenvalue weighted by molar-refractivity contribution is 5.93. The van der Waals surface area contributed by atoms with Gasteiger partial charge < -0.3 is 19.1 Å². The van der Waals surface area contributed by atoms with Gasteiger partial charge in [0.15, 0.2) is 11.5 Å². The Hall–Kier alpha value is -2.60. The van der Waals surface area contributed by atoms with Crippen molar-refractivity contribution in [2.75, 3.05) is 33.9 Å². The highest BCUT2D eigenvalue weighted by Crippen LogP contribution is 2.45. The van der Waals surface area contributed by atoms with Gasteiger partial charge in [-0.3, -0.25) is 9.78 Å². The van der Waals surface area contributed by atoms with Crippen molar-refractivity contribution >= 4 is 5.91 Å². The maximum atomic E-state index is 12.9. The Morgan fingerprint density at radius 2 is 1.89 bits per heavy atom. The van der Waals surface area contributed by atoms with Crippen molar-refractivity contribution in [3.05, 3.63) is 52.8 Å². The van der Waals surface area contributed by atoms with E-state index in [1.807, 2.05) is 30.0 Å². The third-order valence-corrected chi connectivity index (χ3v) is 5.92. The van der Waals surface area contributed by atoms with Gasteiger partial charge in [-0.2, -0.15) is 0 Å². The summed E-state index contributed by atoms with van der Waals surface area (Å²) in [5.41, 5.74) is 3.48. The molecule has 0 aliphatic carbocycles. The van der Waals surface area contributed by atoms with Crippen LogP contribution in [0.25, 0.3) is 0 Å². The molecule has 28 heavy (non-hydrogen) atoms. The molecule has 1 saturated heterocycles. The van der Waals surface area contributed by atoms with E-state index in [4.69, 9.17) is 14.2 Å². The van der Waals surface area contributed by atoms with Crippen LogP contribution in [0.2, 0.25) is 0 Å². The summed E-state index contributed by atoms with van der Waals surface area (Å²) in [7, 11) is 3.31. The fraction of sp³-hybridized carbons (Fsp3) is 0.455. The second-order valence-corrected chi connectivity index (χ2v) is 7.42. The molecule has 0 atom stereocenters. The number of ether oxygens (including phenoxy) is 3. The van der Waals surface area contributed by atoms with Crippen LogP contribution in [0.4, 0.5) is 0 Å². The number of aryl methyl sites for hydroxylation is 1. The number of likely N-dealkylation sites (tertiary alicyclic amines) is 1. The molecule has 0 radical (unpaired) electrons. The van der Waals surface area contributed by atoms with Crippen LogP contribution in [0.3, 0.4) is 0 Å². The van der Waals surface area contributed by atoms with Crippen molar-refractivity contribution in [1.29, 1.82) is 0 Å². The largest absolute Gasteiger partial charge is 0.493 e. The number of aromatic nitrogens is 1. The molecule has 2 aliphatic rings. The number of piperidine rings is 1. The van der Waals surface area contributed by atoms with Crippen molar-refractivity contribution in [2.24, 2.45) is 0 Å². The SMILES string of the molecule is COc1cc2c(cc1OC)C1(CCN(C(=O)c3ncccc3C)CC1)OCC2. The minimum atomic E-state index is -0.372. The quantitative estimate of drug-likeness (QED) is 0.816. The van der Waals surface area contributed by atoms with Crippen LogP contribution in [0.15, 0.2) is 30.5 Å². The van der Waals surface area contributed by atoms with Crippen LogP contribution in [-0.2, 0) is 16.8 Å². The van der Waals surface area contributed by atoms with Crippen LogP contribution >= 0.6 is 0 Å². The van der Waals surface area contributed by atoms with Gasteiger partial charge in [0.25, 0.3) is 5.91 Å². The van der Waals surface area contributed by atoms with E-state index in [1.165, 1.54) is 5.56 Å². The summed E-state index contributed by atoms with van der Waals surface area (Å²) in [6.45, 7) is 3.88. The second kappa shape index (κ2) is 7.43. The first-order valence-electron chi connectivity index (χ1n) is 9.68. The van der Waals surface area contributed by atoms with Gasteiger partial charge in [0.05, 0.1) is 26.4 Å². The van der Waals surface area contributed by atoms with Crippen molar-refractivity contribution in [3.8, 4) is 11.5 Å². The Morgan fingerprint density at radius 1 is 1.18 bits per heavy atom. The van der Waals surface area contributed by atoms with E-state index >= 15 is 0 Å². The van der Waals surface area contributed by atoms with Gasteiger partial charge in [-0.15, -0.1) is 0 Å². The van der Waals surface area contributed by atoms with Crippen molar-refractivity contribution in [1.82, 2.24) is 9.88 Å². The molecule has 1 aromatic heterocycles. The number of nitrogens with zero attached hydrogens (tertiary/aromatic N) is 2. The zero-order valence-electron chi connectivity index (χ0n) is 16.7. The summed E-state index contributed by atoms with van der Waals surface area (Å²) in [5, 5.41) is 0. The number of amides is 1. The second-order valence-electron chi connectivity index (χ2n) is 7.42. The molecule has 1 amide bonds. The molecule has 1 fully saturated rings. The Bertz CT molecular complexity index is 888. The molecule has 0 bridgehead atoms. The number of pyridine rings is 1. The zero-order valence-corrected chi connectivity index (χ0v) is 16.7. The van der Waals surface area contributed by atoms with Gasteiger partial charge >= 0.3 is 0 Å². The molecular weight excluding hydrogens is 356 g/mol. The first-order valence-corrected chi connectivity index (χ1v) is 9.68. The van der Waals surface area contributed by atoms with E-state index < -0.39 is 0 Å². The first kappa shape index (κ1) is 18.7. The van der Waals surface area contributed by atoms with E-state index in [2.05, 4.69) is 11.1 Å². The third kappa shape index (κ3) is 3.11. The molecule has 1 spiro atoms. The normalized spacial score (nSPS) is 17.9.